The zero-order valence-electron chi connectivity index (χ0n) is 15.6. The molecular formula is C19H27N5O. The lowest BCUT2D eigenvalue weighted by molar-refractivity contribution is -0.132. The number of hydrogen-bond acceptors (Lipinski definition) is 4. The molecule has 0 spiro atoms. The third-order valence-corrected chi connectivity index (χ3v) is 4.97. The fourth-order valence-electron chi connectivity index (χ4n) is 3.36. The fourth-order valence-corrected chi connectivity index (χ4v) is 3.36. The number of carbonyl (C=O) groups is 1. The van der Waals surface area contributed by atoms with Crippen molar-refractivity contribution in [3.05, 3.63) is 35.9 Å². The molecule has 0 bridgehead atoms. The number of aryl methyl sites for hydroxylation is 1. The number of rotatable bonds is 4. The summed E-state index contributed by atoms with van der Waals surface area (Å²) in [6, 6.07) is 6.22. The van der Waals surface area contributed by atoms with Gasteiger partial charge in [-0.15, -0.1) is 0 Å². The summed E-state index contributed by atoms with van der Waals surface area (Å²) in [5.74, 6) is 1.61. The van der Waals surface area contributed by atoms with Crippen LogP contribution < -0.4 is 0 Å². The summed E-state index contributed by atoms with van der Waals surface area (Å²) in [5, 5.41) is 0. The van der Waals surface area contributed by atoms with Crippen molar-refractivity contribution in [1.29, 1.82) is 0 Å². The molecule has 6 nitrogen and oxygen atoms in total. The van der Waals surface area contributed by atoms with Crippen molar-refractivity contribution in [1.82, 2.24) is 24.3 Å². The third-order valence-electron chi connectivity index (χ3n) is 4.97. The van der Waals surface area contributed by atoms with E-state index < -0.39 is 0 Å². The van der Waals surface area contributed by atoms with Gasteiger partial charge in [-0.2, -0.15) is 0 Å². The second kappa shape index (κ2) is 7.35. The monoisotopic (exact) mass is 341 g/mol. The Morgan fingerprint density at radius 1 is 1.28 bits per heavy atom. The van der Waals surface area contributed by atoms with Crippen LogP contribution in [0.5, 0.6) is 0 Å². The van der Waals surface area contributed by atoms with Crippen LogP contribution in [0.3, 0.4) is 0 Å². The standard InChI is InChI=1S/C19H27N5O/c1-14-20-12-18(23(14)4)17-7-5-6-16(21-17)15-8-10-24(11-9-15)19(25)13-22(2)3/h5-7,12,15H,8-11,13H2,1-4H3. The van der Waals surface area contributed by atoms with Gasteiger partial charge in [0.25, 0.3) is 0 Å². The molecule has 6 heteroatoms. The summed E-state index contributed by atoms with van der Waals surface area (Å²) in [5.41, 5.74) is 3.13. The summed E-state index contributed by atoms with van der Waals surface area (Å²) in [7, 11) is 5.88. The van der Waals surface area contributed by atoms with Crippen LogP contribution >= 0.6 is 0 Å². The largest absolute Gasteiger partial charge is 0.342 e. The molecular weight excluding hydrogens is 314 g/mol. The highest BCUT2D eigenvalue weighted by molar-refractivity contribution is 5.78. The minimum atomic E-state index is 0.218. The van der Waals surface area contributed by atoms with E-state index in [9.17, 15) is 4.79 Å². The van der Waals surface area contributed by atoms with Crippen molar-refractivity contribution in [2.45, 2.75) is 25.7 Å². The highest BCUT2D eigenvalue weighted by atomic mass is 16.2. The van der Waals surface area contributed by atoms with Crippen LogP contribution in [-0.2, 0) is 11.8 Å². The second-order valence-electron chi connectivity index (χ2n) is 7.09. The molecule has 0 radical (unpaired) electrons. The van der Waals surface area contributed by atoms with Crippen LogP contribution in [0.1, 0.15) is 30.3 Å². The molecule has 0 aromatic carbocycles. The SMILES string of the molecule is Cc1ncc(-c2cccc(C3CCN(C(=O)CN(C)C)CC3)n2)n1C. The maximum Gasteiger partial charge on any atom is 0.236 e. The van der Waals surface area contributed by atoms with E-state index in [1.54, 1.807) is 0 Å². The lowest BCUT2D eigenvalue weighted by Gasteiger charge is -2.32. The van der Waals surface area contributed by atoms with Gasteiger partial charge in [0.15, 0.2) is 0 Å². The number of hydrogen-bond donors (Lipinski definition) is 0. The van der Waals surface area contributed by atoms with Gasteiger partial charge in [0.2, 0.25) is 5.91 Å². The van der Waals surface area contributed by atoms with Gasteiger partial charge in [0.05, 0.1) is 24.1 Å². The van der Waals surface area contributed by atoms with Crippen LogP contribution in [0.25, 0.3) is 11.4 Å². The Hall–Kier alpha value is -2.21. The van der Waals surface area contributed by atoms with E-state index in [0.717, 1.165) is 48.8 Å². The average Bonchev–Trinajstić information content (AvgIpc) is 2.94. The number of piperidine rings is 1. The first-order chi connectivity index (χ1) is 12.0. The summed E-state index contributed by atoms with van der Waals surface area (Å²) < 4.78 is 2.06. The highest BCUT2D eigenvalue weighted by Crippen LogP contribution is 2.28. The normalized spacial score (nSPS) is 15.8. The van der Waals surface area contributed by atoms with Gasteiger partial charge in [0, 0.05) is 31.7 Å². The Kier molecular flexibility index (Phi) is 5.18. The first-order valence-corrected chi connectivity index (χ1v) is 8.84. The molecule has 0 unspecified atom stereocenters. The van der Waals surface area contributed by atoms with Gasteiger partial charge < -0.3 is 14.4 Å². The van der Waals surface area contributed by atoms with Crippen molar-refractivity contribution < 1.29 is 4.79 Å². The number of aromatic nitrogens is 3. The Bertz CT molecular complexity index is 744. The molecule has 0 atom stereocenters. The van der Waals surface area contributed by atoms with Crippen LogP contribution in [0, 0.1) is 6.92 Å². The van der Waals surface area contributed by atoms with Crippen molar-refractivity contribution in [3.8, 4) is 11.4 Å². The van der Waals surface area contributed by atoms with E-state index >= 15 is 0 Å². The zero-order chi connectivity index (χ0) is 18.0. The fraction of sp³-hybridized carbons (Fsp3) is 0.526. The maximum atomic E-state index is 12.2. The molecule has 134 valence electrons. The number of pyridine rings is 1. The average molecular weight is 341 g/mol. The van der Waals surface area contributed by atoms with Crippen LogP contribution in [0.4, 0.5) is 0 Å². The molecule has 2 aromatic heterocycles. The minimum Gasteiger partial charge on any atom is -0.342 e. The molecule has 1 saturated heterocycles. The first-order valence-electron chi connectivity index (χ1n) is 8.84. The first kappa shape index (κ1) is 17.6. The molecule has 1 fully saturated rings. The van der Waals surface area contributed by atoms with E-state index in [2.05, 4.69) is 21.7 Å². The van der Waals surface area contributed by atoms with E-state index in [0.29, 0.717) is 12.5 Å². The van der Waals surface area contributed by atoms with Crippen molar-refractivity contribution in [2.75, 3.05) is 33.7 Å². The van der Waals surface area contributed by atoms with Gasteiger partial charge in [0.1, 0.15) is 5.82 Å². The van der Waals surface area contributed by atoms with Crippen molar-refractivity contribution >= 4 is 5.91 Å². The molecule has 0 saturated carbocycles. The summed E-state index contributed by atoms with van der Waals surface area (Å²) >= 11 is 0. The van der Waals surface area contributed by atoms with Gasteiger partial charge >= 0.3 is 0 Å². The smallest absolute Gasteiger partial charge is 0.236 e. The van der Waals surface area contributed by atoms with E-state index in [1.165, 1.54) is 0 Å². The van der Waals surface area contributed by atoms with Crippen LogP contribution in [-0.4, -0.2) is 64.0 Å². The molecule has 2 aromatic rings. The Morgan fingerprint density at radius 3 is 2.60 bits per heavy atom. The number of likely N-dealkylation sites (tertiary alicyclic amines) is 1. The van der Waals surface area contributed by atoms with Gasteiger partial charge in [-0.3, -0.25) is 9.78 Å². The molecule has 3 rings (SSSR count). The van der Waals surface area contributed by atoms with Crippen molar-refractivity contribution in [3.63, 3.8) is 0 Å². The number of carbonyl (C=O) groups excluding carboxylic acids is 1. The summed E-state index contributed by atoms with van der Waals surface area (Å²) in [4.78, 5) is 25.3. The number of nitrogens with zero attached hydrogens (tertiary/aromatic N) is 5. The predicted molar refractivity (Wildman–Crippen MR) is 98.3 cm³/mol. The van der Waals surface area contributed by atoms with E-state index in [4.69, 9.17) is 4.98 Å². The van der Waals surface area contributed by atoms with Crippen LogP contribution in [0.15, 0.2) is 24.4 Å². The highest BCUT2D eigenvalue weighted by Gasteiger charge is 2.25. The summed E-state index contributed by atoms with van der Waals surface area (Å²) in [6.07, 6.45) is 3.82. The van der Waals surface area contributed by atoms with Gasteiger partial charge in [-0.05, 0) is 46.0 Å². The second-order valence-corrected chi connectivity index (χ2v) is 7.09. The number of likely N-dealkylation sites (N-methyl/N-ethyl adjacent to an activating group) is 1. The maximum absolute atomic E-state index is 12.2. The summed E-state index contributed by atoms with van der Waals surface area (Å²) in [6.45, 7) is 4.11. The third kappa shape index (κ3) is 3.90. The van der Waals surface area contributed by atoms with Crippen molar-refractivity contribution in [2.24, 2.45) is 7.05 Å². The molecule has 25 heavy (non-hydrogen) atoms. The zero-order valence-corrected chi connectivity index (χ0v) is 15.6. The predicted octanol–water partition coefficient (Wildman–Crippen LogP) is 2.06. The number of imidazole rings is 1. The molecule has 1 aliphatic heterocycles. The minimum absolute atomic E-state index is 0.218. The Balaban J connectivity index is 1.69. The molecule has 1 amide bonds. The van der Waals surface area contributed by atoms with Crippen LogP contribution in [0.2, 0.25) is 0 Å². The quantitative estimate of drug-likeness (QED) is 0.854. The molecule has 1 aliphatic rings. The van der Waals surface area contributed by atoms with Gasteiger partial charge in [-0.25, -0.2) is 4.98 Å². The molecule has 0 aliphatic carbocycles. The number of amides is 1. The van der Waals surface area contributed by atoms with E-state index in [1.807, 2.05) is 50.1 Å². The Morgan fingerprint density at radius 2 is 2.00 bits per heavy atom. The Labute approximate surface area is 149 Å². The van der Waals surface area contributed by atoms with Gasteiger partial charge in [-0.1, -0.05) is 6.07 Å². The van der Waals surface area contributed by atoms with E-state index in [-0.39, 0.29) is 5.91 Å². The lowest BCUT2D eigenvalue weighted by atomic mass is 9.92. The molecule has 3 heterocycles. The topological polar surface area (TPSA) is 54.3 Å². The lowest BCUT2D eigenvalue weighted by Crippen LogP contribution is -2.42. The molecule has 0 N–H and O–H groups in total.